The van der Waals surface area contributed by atoms with Gasteiger partial charge in [0.05, 0.1) is 0 Å². The topological polar surface area (TPSA) is 95.7 Å². The number of carbonyl (C=O) groups is 3. The van der Waals surface area contributed by atoms with Crippen molar-refractivity contribution in [1.82, 2.24) is 15.1 Å². The number of nitrogens with zero attached hydrogens (tertiary/aromatic N) is 2. The molecule has 3 aliphatic rings. The van der Waals surface area contributed by atoms with Gasteiger partial charge in [-0.2, -0.15) is 0 Å². The van der Waals surface area contributed by atoms with Crippen molar-refractivity contribution in [3.8, 4) is 0 Å². The largest absolute Gasteiger partial charge is 0.337 e. The van der Waals surface area contributed by atoms with Crippen LogP contribution in [0.1, 0.15) is 51.9 Å². The van der Waals surface area contributed by atoms with E-state index >= 15 is 0 Å². The van der Waals surface area contributed by atoms with E-state index in [4.69, 9.17) is 5.73 Å². The number of amides is 4. The van der Waals surface area contributed by atoms with Gasteiger partial charge < -0.3 is 16.0 Å². The van der Waals surface area contributed by atoms with Crippen molar-refractivity contribution in [2.75, 3.05) is 13.1 Å². The zero-order chi connectivity index (χ0) is 16.6. The molecule has 0 bridgehead atoms. The number of hydrogen-bond donors (Lipinski definition) is 2. The van der Waals surface area contributed by atoms with Gasteiger partial charge >= 0.3 is 6.03 Å². The summed E-state index contributed by atoms with van der Waals surface area (Å²) in [5.74, 6) is -0.402. The van der Waals surface area contributed by atoms with Crippen LogP contribution in [0, 0.1) is 0 Å². The van der Waals surface area contributed by atoms with Crippen molar-refractivity contribution < 1.29 is 14.4 Å². The van der Waals surface area contributed by atoms with E-state index in [0.717, 1.165) is 37.0 Å². The standard InChI is InChI=1S/C16H26N4O3/c1-11(13(21)19-9-5-2-6-12(19)10-17)20-14(22)16(18-15(20)23)7-3-4-8-16/h11-12H,2-10,17H2,1H3,(H,18,23). The second-order valence-electron chi connectivity index (χ2n) is 6.99. The highest BCUT2D eigenvalue weighted by molar-refractivity contribution is 6.10. The smallest absolute Gasteiger partial charge is 0.325 e. The van der Waals surface area contributed by atoms with E-state index in [0.29, 0.717) is 25.9 Å². The summed E-state index contributed by atoms with van der Waals surface area (Å²) < 4.78 is 0. The van der Waals surface area contributed by atoms with Crippen LogP contribution in [0.15, 0.2) is 0 Å². The summed E-state index contributed by atoms with van der Waals surface area (Å²) in [6.07, 6.45) is 6.10. The lowest BCUT2D eigenvalue weighted by Crippen LogP contribution is -2.56. The number of carbonyl (C=O) groups excluding carboxylic acids is 3. The van der Waals surface area contributed by atoms with Crippen molar-refractivity contribution in [2.45, 2.75) is 69.5 Å². The van der Waals surface area contributed by atoms with Gasteiger partial charge in [-0.05, 0) is 39.0 Å². The van der Waals surface area contributed by atoms with Crippen LogP contribution < -0.4 is 11.1 Å². The van der Waals surface area contributed by atoms with Crippen LogP contribution in [0.3, 0.4) is 0 Å². The van der Waals surface area contributed by atoms with Crippen molar-refractivity contribution in [1.29, 1.82) is 0 Å². The van der Waals surface area contributed by atoms with Crippen molar-refractivity contribution in [3.05, 3.63) is 0 Å². The maximum absolute atomic E-state index is 12.8. The van der Waals surface area contributed by atoms with Gasteiger partial charge in [0.25, 0.3) is 5.91 Å². The predicted molar refractivity (Wildman–Crippen MR) is 84.4 cm³/mol. The van der Waals surface area contributed by atoms with Crippen molar-refractivity contribution >= 4 is 17.8 Å². The van der Waals surface area contributed by atoms with Crippen LogP contribution in [0.4, 0.5) is 4.79 Å². The third-order valence-electron chi connectivity index (χ3n) is 5.58. The molecule has 0 aromatic rings. The summed E-state index contributed by atoms with van der Waals surface area (Å²) in [4.78, 5) is 40.8. The Kier molecular flexibility index (Phi) is 4.31. The second kappa shape index (κ2) is 6.11. The molecular weight excluding hydrogens is 296 g/mol. The Balaban J connectivity index is 1.76. The van der Waals surface area contributed by atoms with Gasteiger partial charge in [0.2, 0.25) is 5.91 Å². The fraction of sp³-hybridized carbons (Fsp3) is 0.812. The van der Waals surface area contributed by atoms with Crippen LogP contribution in [0.5, 0.6) is 0 Å². The number of imide groups is 1. The minimum absolute atomic E-state index is 0.0138. The van der Waals surface area contributed by atoms with E-state index in [1.807, 2.05) is 0 Å². The van der Waals surface area contributed by atoms with Gasteiger partial charge in [0.1, 0.15) is 11.6 Å². The lowest BCUT2D eigenvalue weighted by atomic mass is 9.97. The summed E-state index contributed by atoms with van der Waals surface area (Å²) >= 11 is 0. The number of urea groups is 1. The van der Waals surface area contributed by atoms with Gasteiger partial charge in [0, 0.05) is 19.1 Å². The Morgan fingerprint density at radius 3 is 2.65 bits per heavy atom. The number of nitrogens with two attached hydrogens (primary N) is 1. The first kappa shape index (κ1) is 16.2. The average Bonchev–Trinajstić information content (AvgIpc) is 3.12. The average molecular weight is 322 g/mol. The van der Waals surface area contributed by atoms with E-state index in [9.17, 15) is 14.4 Å². The van der Waals surface area contributed by atoms with Gasteiger partial charge in [-0.1, -0.05) is 12.8 Å². The molecule has 1 saturated carbocycles. The van der Waals surface area contributed by atoms with E-state index in [1.54, 1.807) is 11.8 Å². The molecule has 1 spiro atoms. The van der Waals surface area contributed by atoms with Gasteiger partial charge in [0.15, 0.2) is 0 Å². The summed E-state index contributed by atoms with van der Waals surface area (Å²) in [6.45, 7) is 2.72. The van der Waals surface area contributed by atoms with E-state index < -0.39 is 17.6 Å². The van der Waals surface area contributed by atoms with Crippen molar-refractivity contribution in [2.24, 2.45) is 5.73 Å². The number of piperidine rings is 1. The molecule has 2 aliphatic heterocycles. The Labute approximate surface area is 136 Å². The molecule has 4 amide bonds. The molecule has 0 radical (unpaired) electrons. The number of likely N-dealkylation sites (tertiary alicyclic amines) is 1. The quantitative estimate of drug-likeness (QED) is 0.743. The first-order chi connectivity index (χ1) is 11.0. The van der Waals surface area contributed by atoms with Gasteiger partial charge in [-0.25, -0.2) is 9.69 Å². The molecular formula is C16H26N4O3. The summed E-state index contributed by atoms with van der Waals surface area (Å²) in [6, 6.07) is -1.19. The second-order valence-corrected chi connectivity index (χ2v) is 6.99. The molecule has 2 saturated heterocycles. The van der Waals surface area contributed by atoms with Gasteiger partial charge in [-0.3, -0.25) is 9.59 Å². The Hall–Kier alpha value is -1.63. The number of rotatable bonds is 3. The van der Waals surface area contributed by atoms with Crippen LogP contribution in [0.25, 0.3) is 0 Å². The van der Waals surface area contributed by atoms with Gasteiger partial charge in [-0.15, -0.1) is 0 Å². The zero-order valence-corrected chi connectivity index (χ0v) is 13.7. The van der Waals surface area contributed by atoms with E-state index in [1.165, 1.54) is 0 Å². The lowest BCUT2D eigenvalue weighted by molar-refractivity contribution is -0.145. The molecule has 7 nitrogen and oxygen atoms in total. The zero-order valence-electron chi connectivity index (χ0n) is 13.7. The first-order valence-corrected chi connectivity index (χ1v) is 8.66. The van der Waals surface area contributed by atoms with Crippen LogP contribution in [0.2, 0.25) is 0 Å². The van der Waals surface area contributed by atoms with E-state index in [-0.39, 0.29) is 17.9 Å². The molecule has 2 heterocycles. The Morgan fingerprint density at radius 1 is 1.30 bits per heavy atom. The molecule has 3 N–H and O–H groups in total. The normalized spacial score (nSPS) is 28.3. The SMILES string of the molecule is CC(C(=O)N1CCCCC1CN)N1C(=O)NC2(CCCC2)C1=O. The summed E-state index contributed by atoms with van der Waals surface area (Å²) in [7, 11) is 0. The number of nitrogens with one attached hydrogen (secondary N) is 1. The fourth-order valence-electron chi connectivity index (χ4n) is 4.20. The molecule has 2 unspecified atom stereocenters. The highest BCUT2D eigenvalue weighted by atomic mass is 16.2. The molecule has 3 rings (SSSR count). The predicted octanol–water partition coefficient (Wildman–Crippen LogP) is 0.579. The van der Waals surface area contributed by atoms with Crippen LogP contribution >= 0.6 is 0 Å². The maximum Gasteiger partial charge on any atom is 0.325 e. The highest BCUT2D eigenvalue weighted by Crippen LogP contribution is 2.36. The lowest BCUT2D eigenvalue weighted by Gasteiger charge is -2.38. The first-order valence-electron chi connectivity index (χ1n) is 8.66. The summed E-state index contributed by atoms with van der Waals surface area (Å²) in [5.41, 5.74) is 5.02. The minimum Gasteiger partial charge on any atom is -0.337 e. The van der Waals surface area contributed by atoms with Crippen molar-refractivity contribution in [3.63, 3.8) is 0 Å². The highest BCUT2D eigenvalue weighted by Gasteiger charge is 2.55. The van der Waals surface area contributed by atoms with Crippen LogP contribution in [-0.4, -0.2) is 58.4 Å². The Bertz CT molecular complexity index is 515. The molecule has 1 aliphatic carbocycles. The maximum atomic E-state index is 12.8. The minimum atomic E-state index is -0.769. The molecule has 3 fully saturated rings. The monoisotopic (exact) mass is 322 g/mol. The van der Waals surface area contributed by atoms with E-state index in [2.05, 4.69) is 5.32 Å². The Morgan fingerprint density at radius 2 is 2.00 bits per heavy atom. The molecule has 0 aromatic carbocycles. The molecule has 0 aromatic heterocycles. The van der Waals surface area contributed by atoms with Crippen LogP contribution in [-0.2, 0) is 9.59 Å². The fourth-order valence-corrected chi connectivity index (χ4v) is 4.20. The number of hydrogen-bond acceptors (Lipinski definition) is 4. The molecule has 23 heavy (non-hydrogen) atoms. The summed E-state index contributed by atoms with van der Waals surface area (Å²) in [5, 5.41) is 2.84. The molecule has 2 atom stereocenters. The third kappa shape index (κ3) is 2.60. The molecule has 7 heteroatoms. The molecule has 128 valence electrons. The third-order valence-corrected chi connectivity index (χ3v) is 5.58.